The van der Waals surface area contributed by atoms with E-state index in [1.807, 2.05) is 30.3 Å². The van der Waals surface area contributed by atoms with Gasteiger partial charge in [0.1, 0.15) is 16.4 Å². The first-order chi connectivity index (χ1) is 11.3. The predicted molar refractivity (Wildman–Crippen MR) is 94.5 cm³/mol. The largest absolute Gasteiger partial charge is 0.456 e. The summed E-state index contributed by atoms with van der Waals surface area (Å²) in [4.78, 5) is 12.5. The number of carbonyl (C=O) groups excluding carboxylic acids is 1. The molecule has 4 nitrogen and oxygen atoms in total. The summed E-state index contributed by atoms with van der Waals surface area (Å²) in [5.74, 6) is 0.977. The molecule has 2 atom stereocenters. The molecule has 0 bridgehead atoms. The van der Waals surface area contributed by atoms with Gasteiger partial charge in [-0.2, -0.15) is 0 Å². The van der Waals surface area contributed by atoms with E-state index in [1.54, 1.807) is 11.8 Å². The molecule has 3 N–H and O–H groups in total. The summed E-state index contributed by atoms with van der Waals surface area (Å²) in [5.41, 5.74) is 8.45. The molecule has 1 saturated heterocycles. The van der Waals surface area contributed by atoms with E-state index in [0.29, 0.717) is 6.54 Å². The van der Waals surface area contributed by atoms with Crippen LogP contribution in [0.15, 0.2) is 46.9 Å². The minimum absolute atomic E-state index is 0.0510. The summed E-state index contributed by atoms with van der Waals surface area (Å²) in [6.07, 6.45) is 0.917. The molecule has 1 aliphatic heterocycles. The van der Waals surface area contributed by atoms with E-state index in [2.05, 4.69) is 17.4 Å². The van der Waals surface area contributed by atoms with Gasteiger partial charge in [0.2, 0.25) is 5.91 Å². The van der Waals surface area contributed by atoms with Crippen LogP contribution in [0.3, 0.4) is 0 Å². The molecule has 1 aromatic heterocycles. The van der Waals surface area contributed by atoms with Crippen molar-refractivity contribution in [3.05, 3.63) is 48.0 Å². The van der Waals surface area contributed by atoms with Crippen molar-refractivity contribution in [2.75, 3.05) is 12.3 Å². The van der Waals surface area contributed by atoms with Gasteiger partial charge in [-0.3, -0.25) is 4.79 Å². The van der Waals surface area contributed by atoms with Gasteiger partial charge in [-0.15, -0.1) is 11.8 Å². The van der Waals surface area contributed by atoms with Gasteiger partial charge in [0.15, 0.2) is 0 Å². The number of furan rings is 1. The van der Waals surface area contributed by atoms with Crippen molar-refractivity contribution in [1.82, 2.24) is 5.32 Å². The van der Waals surface area contributed by atoms with Crippen molar-refractivity contribution < 1.29 is 9.21 Å². The monoisotopic (exact) mass is 326 g/mol. The fourth-order valence-electron chi connectivity index (χ4n) is 3.08. The average Bonchev–Trinajstić information content (AvgIpc) is 2.84. The fraction of sp³-hybridized carbons (Fsp3) is 0.278. The molecule has 4 rings (SSSR count). The van der Waals surface area contributed by atoms with Gasteiger partial charge in [0, 0.05) is 23.4 Å². The molecule has 0 unspecified atom stereocenters. The molecule has 0 saturated carbocycles. The minimum Gasteiger partial charge on any atom is -0.456 e. The van der Waals surface area contributed by atoms with Crippen LogP contribution >= 0.6 is 11.8 Å². The van der Waals surface area contributed by atoms with Crippen molar-refractivity contribution >= 4 is 39.6 Å². The Morgan fingerprint density at radius 1 is 1.17 bits per heavy atom. The maximum absolute atomic E-state index is 12.5. The molecule has 23 heavy (non-hydrogen) atoms. The Hall–Kier alpha value is -1.98. The highest BCUT2D eigenvalue weighted by atomic mass is 32.2. The zero-order chi connectivity index (χ0) is 15.8. The SMILES string of the molecule is NC[C@@H]1CCS[C@H](c2ccc3oc4ccccc4c3c2)C(=O)N1. The molecule has 2 aromatic carbocycles. The Bertz CT molecular complexity index is 874. The number of carbonyl (C=O) groups is 1. The highest BCUT2D eigenvalue weighted by Gasteiger charge is 2.27. The van der Waals surface area contributed by atoms with E-state index in [-0.39, 0.29) is 17.2 Å². The van der Waals surface area contributed by atoms with E-state index in [1.165, 1.54) is 0 Å². The number of nitrogens with two attached hydrogens (primary N) is 1. The lowest BCUT2D eigenvalue weighted by Gasteiger charge is -2.15. The normalized spacial score (nSPS) is 22.2. The van der Waals surface area contributed by atoms with Crippen LogP contribution in [-0.4, -0.2) is 24.2 Å². The van der Waals surface area contributed by atoms with Crippen molar-refractivity contribution in [3.63, 3.8) is 0 Å². The van der Waals surface area contributed by atoms with E-state index < -0.39 is 0 Å². The van der Waals surface area contributed by atoms with Gasteiger partial charge in [0.05, 0.1) is 0 Å². The third-order valence-corrected chi connectivity index (χ3v) is 5.61. The highest BCUT2D eigenvalue weighted by molar-refractivity contribution is 8.00. The molecule has 3 aromatic rings. The van der Waals surface area contributed by atoms with Crippen LogP contribution in [0.25, 0.3) is 21.9 Å². The lowest BCUT2D eigenvalue weighted by molar-refractivity contribution is -0.121. The smallest absolute Gasteiger partial charge is 0.237 e. The van der Waals surface area contributed by atoms with Crippen molar-refractivity contribution in [3.8, 4) is 0 Å². The number of rotatable bonds is 2. The van der Waals surface area contributed by atoms with Crippen LogP contribution < -0.4 is 11.1 Å². The van der Waals surface area contributed by atoms with Gasteiger partial charge < -0.3 is 15.5 Å². The first-order valence-corrected chi connectivity index (χ1v) is 8.84. The Labute approximate surface area is 138 Å². The zero-order valence-corrected chi connectivity index (χ0v) is 13.4. The minimum atomic E-state index is -0.190. The van der Waals surface area contributed by atoms with Crippen LogP contribution in [0.1, 0.15) is 17.2 Å². The van der Waals surface area contributed by atoms with E-state index in [4.69, 9.17) is 10.2 Å². The number of fused-ring (bicyclic) bond motifs is 3. The molecule has 1 amide bonds. The van der Waals surface area contributed by atoms with Gasteiger partial charge in [-0.25, -0.2) is 0 Å². The molecule has 5 heteroatoms. The number of nitrogens with one attached hydrogen (secondary N) is 1. The molecular weight excluding hydrogens is 308 g/mol. The van der Waals surface area contributed by atoms with E-state index in [9.17, 15) is 4.79 Å². The lowest BCUT2D eigenvalue weighted by Crippen LogP contribution is -2.40. The second-order valence-electron chi connectivity index (χ2n) is 5.83. The maximum Gasteiger partial charge on any atom is 0.237 e. The highest BCUT2D eigenvalue weighted by Crippen LogP contribution is 2.36. The summed E-state index contributed by atoms with van der Waals surface area (Å²) >= 11 is 1.68. The third kappa shape index (κ3) is 2.60. The van der Waals surface area contributed by atoms with Gasteiger partial charge in [0.25, 0.3) is 0 Å². The molecule has 0 radical (unpaired) electrons. The average molecular weight is 326 g/mol. The number of amides is 1. The summed E-state index contributed by atoms with van der Waals surface area (Å²) < 4.78 is 5.86. The predicted octanol–water partition coefficient (Wildman–Crippen LogP) is 3.21. The molecular formula is C18H18N2O2S. The van der Waals surface area contributed by atoms with Crippen LogP contribution in [0.4, 0.5) is 0 Å². The van der Waals surface area contributed by atoms with E-state index >= 15 is 0 Å². The molecule has 0 aliphatic carbocycles. The number of hydrogen-bond donors (Lipinski definition) is 2. The second kappa shape index (κ2) is 5.91. The number of thioether (sulfide) groups is 1. The van der Waals surface area contributed by atoms with E-state index in [0.717, 1.165) is 39.7 Å². The first-order valence-electron chi connectivity index (χ1n) is 7.79. The molecule has 118 valence electrons. The van der Waals surface area contributed by atoms with Crippen molar-refractivity contribution in [1.29, 1.82) is 0 Å². The Morgan fingerprint density at radius 2 is 2.00 bits per heavy atom. The van der Waals surface area contributed by atoms with Crippen molar-refractivity contribution in [2.45, 2.75) is 17.7 Å². The topological polar surface area (TPSA) is 68.3 Å². The summed E-state index contributed by atoms with van der Waals surface area (Å²) in [5, 5.41) is 5.01. The van der Waals surface area contributed by atoms with Crippen LogP contribution in [-0.2, 0) is 4.79 Å². The second-order valence-corrected chi connectivity index (χ2v) is 7.05. The van der Waals surface area contributed by atoms with Gasteiger partial charge >= 0.3 is 0 Å². The number of benzene rings is 2. The molecule has 1 aliphatic rings. The third-order valence-electron chi connectivity index (χ3n) is 4.32. The number of para-hydroxylation sites is 1. The Balaban J connectivity index is 1.76. The van der Waals surface area contributed by atoms with Crippen molar-refractivity contribution in [2.24, 2.45) is 5.73 Å². The zero-order valence-electron chi connectivity index (χ0n) is 12.6. The number of hydrogen-bond acceptors (Lipinski definition) is 4. The van der Waals surface area contributed by atoms with Gasteiger partial charge in [-0.1, -0.05) is 24.3 Å². The Kier molecular flexibility index (Phi) is 3.75. The quantitative estimate of drug-likeness (QED) is 0.759. The molecule has 2 heterocycles. The summed E-state index contributed by atoms with van der Waals surface area (Å²) in [7, 11) is 0. The lowest BCUT2D eigenvalue weighted by atomic mass is 10.1. The summed E-state index contributed by atoms with van der Waals surface area (Å²) in [6, 6.07) is 14.1. The fourth-order valence-corrected chi connectivity index (χ4v) is 4.30. The van der Waals surface area contributed by atoms with Crippen LogP contribution in [0.2, 0.25) is 0 Å². The van der Waals surface area contributed by atoms with Crippen LogP contribution in [0, 0.1) is 0 Å². The first kappa shape index (κ1) is 14.6. The Morgan fingerprint density at radius 3 is 2.87 bits per heavy atom. The molecule has 0 spiro atoms. The maximum atomic E-state index is 12.5. The molecule has 1 fully saturated rings. The van der Waals surface area contributed by atoms with Crippen LogP contribution in [0.5, 0.6) is 0 Å². The van der Waals surface area contributed by atoms with Gasteiger partial charge in [-0.05, 0) is 35.9 Å². The standard InChI is InChI=1S/C18H18N2O2S/c19-10-12-7-8-23-17(18(21)20-12)11-5-6-16-14(9-11)13-3-1-2-4-15(13)22-16/h1-6,9,12,17H,7-8,10,19H2,(H,20,21)/t12-,17+/m0/s1. The summed E-state index contributed by atoms with van der Waals surface area (Å²) in [6.45, 7) is 0.490.